The number of allylic oxidation sites excluding steroid dienone is 1. The average molecular weight is 291 g/mol. The summed E-state index contributed by atoms with van der Waals surface area (Å²) in [6.07, 6.45) is 1.91. The van der Waals surface area contributed by atoms with Crippen LogP contribution in [0.5, 0.6) is 0 Å². The van der Waals surface area contributed by atoms with E-state index in [4.69, 9.17) is 8.85 Å². The molecule has 0 rings (SSSR count). The zero-order chi connectivity index (χ0) is 13.9. The first-order chi connectivity index (χ1) is 7.29. The van der Waals surface area contributed by atoms with E-state index in [0.717, 1.165) is 11.8 Å². The number of hydrogen-bond donors (Lipinski definition) is 0. The van der Waals surface area contributed by atoms with Gasteiger partial charge in [0.1, 0.15) is 12.0 Å². The highest BCUT2D eigenvalue weighted by atomic mass is 28.4. The van der Waals surface area contributed by atoms with Crippen molar-refractivity contribution in [1.82, 2.24) is 0 Å². The van der Waals surface area contributed by atoms with Crippen molar-refractivity contribution in [3.8, 4) is 0 Å². The largest absolute Gasteiger partial charge is 0.547 e. The minimum atomic E-state index is -1.53. The van der Waals surface area contributed by atoms with Gasteiger partial charge in [-0.05, 0) is 39.3 Å². The fourth-order valence-electron chi connectivity index (χ4n) is 1.26. The molecule has 0 aliphatic carbocycles. The van der Waals surface area contributed by atoms with Crippen molar-refractivity contribution in [1.29, 1.82) is 0 Å². The van der Waals surface area contributed by atoms with E-state index in [1.54, 1.807) is 0 Å². The van der Waals surface area contributed by atoms with Crippen LogP contribution in [-0.2, 0) is 8.85 Å². The predicted molar refractivity (Wildman–Crippen MR) is 85.1 cm³/mol. The van der Waals surface area contributed by atoms with E-state index in [-0.39, 0.29) is 0 Å². The van der Waals surface area contributed by atoms with Crippen LogP contribution in [-0.4, -0.2) is 24.7 Å². The summed E-state index contributed by atoms with van der Waals surface area (Å²) in [5, 5.41) is 0. The molecule has 17 heavy (non-hydrogen) atoms. The van der Waals surface area contributed by atoms with Gasteiger partial charge in [0.05, 0.1) is 8.07 Å². The zero-order valence-electron chi connectivity index (χ0n) is 13.1. The van der Waals surface area contributed by atoms with Crippen molar-refractivity contribution in [2.75, 3.05) is 0 Å². The van der Waals surface area contributed by atoms with Gasteiger partial charge in [0.2, 0.25) is 16.6 Å². The lowest BCUT2D eigenvalue weighted by molar-refractivity contribution is 0.376. The summed E-state index contributed by atoms with van der Waals surface area (Å²) >= 11 is 0. The van der Waals surface area contributed by atoms with Crippen molar-refractivity contribution < 1.29 is 8.85 Å². The Morgan fingerprint density at radius 3 is 1.59 bits per heavy atom. The Morgan fingerprint density at radius 1 is 0.824 bits per heavy atom. The van der Waals surface area contributed by atoms with Crippen molar-refractivity contribution in [2.24, 2.45) is 0 Å². The van der Waals surface area contributed by atoms with Gasteiger partial charge in [-0.3, -0.25) is 0 Å². The molecular formula is C12H30O2Si3. The summed E-state index contributed by atoms with van der Waals surface area (Å²) in [6, 6.07) is 1.07. The van der Waals surface area contributed by atoms with E-state index in [9.17, 15) is 0 Å². The van der Waals surface area contributed by atoms with Gasteiger partial charge in [0.25, 0.3) is 0 Å². The summed E-state index contributed by atoms with van der Waals surface area (Å²) in [5.41, 5.74) is 0. The van der Waals surface area contributed by atoms with Crippen LogP contribution in [0.3, 0.4) is 0 Å². The molecule has 0 atom stereocenters. The summed E-state index contributed by atoms with van der Waals surface area (Å²) < 4.78 is 12.0. The molecule has 0 N–H and O–H groups in total. The molecule has 0 saturated carbocycles. The molecule has 0 aromatic rings. The van der Waals surface area contributed by atoms with Crippen molar-refractivity contribution >= 4 is 24.7 Å². The van der Waals surface area contributed by atoms with Gasteiger partial charge in [-0.15, -0.1) is 0 Å². The molecular weight excluding hydrogens is 260 g/mol. The molecule has 0 amide bonds. The fourth-order valence-corrected chi connectivity index (χ4v) is 4.00. The molecule has 0 heterocycles. The van der Waals surface area contributed by atoms with Gasteiger partial charge in [-0.2, -0.15) is 0 Å². The highest BCUT2D eigenvalue weighted by Gasteiger charge is 2.24. The average Bonchev–Trinajstić information content (AvgIpc) is 1.92. The maximum Gasteiger partial charge on any atom is 0.241 e. The molecule has 0 fully saturated rings. The second kappa shape index (κ2) is 5.75. The minimum Gasteiger partial charge on any atom is -0.547 e. The van der Waals surface area contributed by atoms with E-state index in [2.05, 4.69) is 58.9 Å². The molecule has 0 aliphatic rings. The van der Waals surface area contributed by atoms with Gasteiger partial charge >= 0.3 is 0 Å². The second-order valence-electron chi connectivity index (χ2n) is 7.77. The third-order valence-corrected chi connectivity index (χ3v) is 4.79. The van der Waals surface area contributed by atoms with Crippen LogP contribution in [0, 0.1) is 0 Å². The molecule has 0 radical (unpaired) electrons. The number of hydrogen-bond acceptors (Lipinski definition) is 2. The van der Waals surface area contributed by atoms with E-state index < -0.39 is 24.7 Å². The summed E-state index contributed by atoms with van der Waals surface area (Å²) in [7, 11) is -4.18. The molecule has 5 heteroatoms. The van der Waals surface area contributed by atoms with Crippen molar-refractivity contribution in [3.63, 3.8) is 0 Å². The number of rotatable bonds is 6. The summed E-state index contributed by atoms with van der Waals surface area (Å²) in [4.78, 5) is 0. The molecule has 102 valence electrons. The topological polar surface area (TPSA) is 18.5 Å². The van der Waals surface area contributed by atoms with Gasteiger partial charge in [0, 0.05) is 6.04 Å². The molecule has 0 spiro atoms. The molecule has 0 aromatic heterocycles. The molecule has 0 unspecified atom stereocenters. The lowest BCUT2D eigenvalue weighted by atomic mass is 10.6. The fraction of sp³-hybridized carbons (Fsp3) is 0.833. The van der Waals surface area contributed by atoms with Gasteiger partial charge in [-0.1, -0.05) is 19.6 Å². The maximum absolute atomic E-state index is 6.14. The Kier molecular flexibility index (Phi) is 5.75. The van der Waals surface area contributed by atoms with Crippen LogP contribution in [0.4, 0.5) is 0 Å². The third-order valence-electron chi connectivity index (χ3n) is 1.69. The van der Waals surface area contributed by atoms with E-state index in [1.807, 2.05) is 6.26 Å². The van der Waals surface area contributed by atoms with E-state index >= 15 is 0 Å². The van der Waals surface area contributed by atoms with Gasteiger partial charge in [0.15, 0.2) is 0 Å². The maximum atomic E-state index is 6.14. The highest BCUT2D eigenvalue weighted by molar-refractivity contribution is 6.77. The van der Waals surface area contributed by atoms with Gasteiger partial charge in [-0.25, -0.2) is 0 Å². The Labute approximate surface area is 111 Å². The Balaban J connectivity index is 4.74. The second-order valence-corrected chi connectivity index (χ2v) is 22.1. The molecule has 0 saturated heterocycles. The smallest absolute Gasteiger partial charge is 0.241 e. The summed E-state index contributed by atoms with van der Waals surface area (Å²) in [5.74, 6) is 1.07. The summed E-state index contributed by atoms with van der Waals surface area (Å²) in [6.45, 7) is 20.4. The molecule has 0 aromatic carbocycles. The standard InChI is InChI=1S/C12H30O2Si3/c1-15(2,3)11-12(14-17(7,8)9)10-13-16(4,5)6/h10H,11H2,1-9H3/b12-10+. The van der Waals surface area contributed by atoms with Crippen LogP contribution < -0.4 is 0 Å². The SMILES string of the molecule is C[Si](C)(C)C/C(=C\O[Si](C)(C)C)O[Si](C)(C)C. The molecule has 0 aliphatic heterocycles. The Morgan fingerprint density at radius 2 is 1.29 bits per heavy atom. The quantitative estimate of drug-likeness (QED) is 0.513. The third kappa shape index (κ3) is 12.2. The lowest BCUT2D eigenvalue weighted by Gasteiger charge is -2.27. The predicted octanol–water partition coefficient (Wildman–Crippen LogP) is 4.87. The van der Waals surface area contributed by atoms with E-state index in [1.165, 1.54) is 0 Å². The van der Waals surface area contributed by atoms with Gasteiger partial charge < -0.3 is 8.85 Å². The normalized spacial score (nSPS) is 14.8. The van der Waals surface area contributed by atoms with Crippen molar-refractivity contribution in [2.45, 2.75) is 65.0 Å². The van der Waals surface area contributed by atoms with Crippen LogP contribution in [0.15, 0.2) is 12.0 Å². The van der Waals surface area contributed by atoms with Crippen LogP contribution in [0.2, 0.25) is 65.0 Å². The minimum absolute atomic E-state index is 1.07. The first-order valence-corrected chi connectivity index (χ1v) is 16.9. The van der Waals surface area contributed by atoms with Crippen LogP contribution in [0.25, 0.3) is 0 Å². The van der Waals surface area contributed by atoms with Crippen molar-refractivity contribution in [3.05, 3.63) is 12.0 Å². The Bertz CT molecular complexity index is 249. The zero-order valence-corrected chi connectivity index (χ0v) is 16.1. The van der Waals surface area contributed by atoms with Crippen LogP contribution in [0.1, 0.15) is 0 Å². The molecule has 0 bridgehead atoms. The molecule has 2 nitrogen and oxygen atoms in total. The highest BCUT2D eigenvalue weighted by Crippen LogP contribution is 2.22. The van der Waals surface area contributed by atoms with E-state index in [0.29, 0.717) is 0 Å². The first-order valence-electron chi connectivity index (χ1n) is 6.34. The lowest BCUT2D eigenvalue weighted by Crippen LogP contribution is -2.30. The first kappa shape index (κ1) is 17.0. The van der Waals surface area contributed by atoms with Crippen LogP contribution >= 0.6 is 0 Å². The monoisotopic (exact) mass is 290 g/mol. The Hall–Kier alpha value is -0.00935.